The number of benzene rings is 2. The van der Waals surface area contributed by atoms with Gasteiger partial charge in [0.1, 0.15) is 0 Å². The second-order valence-corrected chi connectivity index (χ2v) is 6.94. The van der Waals surface area contributed by atoms with Gasteiger partial charge in [-0.15, -0.1) is 0 Å². The lowest BCUT2D eigenvalue weighted by atomic mass is 9.86. The van der Waals surface area contributed by atoms with Gasteiger partial charge in [0.15, 0.2) is 0 Å². The van der Waals surface area contributed by atoms with Crippen molar-refractivity contribution in [1.29, 1.82) is 0 Å². The molecule has 1 aliphatic carbocycles. The van der Waals surface area contributed by atoms with E-state index in [-0.39, 0.29) is 0 Å². The zero-order valence-electron chi connectivity index (χ0n) is 11.7. The molecule has 0 bridgehead atoms. The molecule has 4 rings (SSSR count). The van der Waals surface area contributed by atoms with Crippen molar-refractivity contribution in [2.45, 2.75) is 18.8 Å². The maximum absolute atomic E-state index is 6.36. The van der Waals surface area contributed by atoms with Crippen LogP contribution in [0.25, 0.3) is 11.1 Å². The van der Waals surface area contributed by atoms with Gasteiger partial charge in [-0.1, -0.05) is 47.5 Å². The van der Waals surface area contributed by atoms with Crippen LogP contribution < -0.4 is 5.32 Å². The van der Waals surface area contributed by atoms with Crippen molar-refractivity contribution in [3.63, 3.8) is 0 Å². The van der Waals surface area contributed by atoms with E-state index < -0.39 is 0 Å². The predicted octanol–water partition coefficient (Wildman–Crippen LogP) is 4.91. The van der Waals surface area contributed by atoms with Gasteiger partial charge in [0.05, 0.1) is 0 Å². The Hall–Kier alpha value is -1.02. The number of fused-ring (bicyclic) bond motifs is 3. The minimum absolute atomic E-state index is 0.666. The maximum Gasteiger partial charge on any atom is 0.0499 e. The van der Waals surface area contributed by atoms with E-state index in [2.05, 4.69) is 23.5 Å². The third-order valence-electron chi connectivity index (χ3n) is 4.89. The van der Waals surface area contributed by atoms with Crippen LogP contribution in [0.5, 0.6) is 0 Å². The highest BCUT2D eigenvalue weighted by atomic mass is 35.5. The first-order valence-corrected chi connectivity index (χ1v) is 8.27. The smallest absolute Gasteiger partial charge is 0.0499 e. The third-order valence-corrected chi connectivity index (χ3v) is 5.44. The van der Waals surface area contributed by atoms with Crippen LogP contribution in [0.4, 0.5) is 0 Å². The molecule has 2 atom stereocenters. The molecule has 0 amide bonds. The van der Waals surface area contributed by atoms with E-state index in [1.54, 1.807) is 0 Å². The molecular weight excluding hydrogens is 301 g/mol. The normalized spacial score (nSPS) is 23.7. The summed E-state index contributed by atoms with van der Waals surface area (Å²) in [7, 11) is 0. The highest BCUT2D eigenvalue weighted by Gasteiger charge is 2.34. The van der Waals surface area contributed by atoms with Crippen molar-refractivity contribution < 1.29 is 0 Å². The Bertz CT molecular complexity index is 696. The molecule has 1 aliphatic heterocycles. The van der Waals surface area contributed by atoms with Crippen molar-refractivity contribution in [3.8, 4) is 11.1 Å². The van der Waals surface area contributed by atoms with Gasteiger partial charge in [-0.3, -0.25) is 0 Å². The Balaban J connectivity index is 1.76. The van der Waals surface area contributed by atoms with Crippen molar-refractivity contribution in [1.82, 2.24) is 5.32 Å². The summed E-state index contributed by atoms with van der Waals surface area (Å²) in [5.41, 5.74) is 5.29. The molecule has 0 saturated carbocycles. The largest absolute Gasteiger partial charge is 0.316 e. The molecule has 0 radical (unpaired) electrons. The van der Waals surface area contributed by atoms with E-state index in [9.17, 15) is 0 Å². The van der Waals surface area contributed by atoms with Gasteiger partial charge in [0.2, 0.25) is 0 Å². The molecule has 2 aromatic rings. The highest BCUT2D eigenvalue weighted by molar-refractivity contribution is 6.36. The minimum atomic E-state index is 0.666. The van der Waals surface area contributed by atoms with Gasteiger partial charge in [0.25, 0.3) is 0 Å². The molecule has 0 aromatic heterocycles. The Kier molecular flexibility index (Phi) is 3.45. The summed E-state index contributed by atoms with van der Waals surface area (Å²) in [6.45, 7) is 2.26. The third kappa shape index (κ3) is 2.38. The number of hydrogen-bond donors (Lipinski definition) is 1. The van der Waals surface area contributed by atoms with E-state index in [0.29, 0.717) is 10.9 Å². The Morgan fingerprint density at radius 3 is 2.81 bits per heavy atom. The van der Waals surface area contributed by atoms with Gasteiger partial charge in [-0.05, 0) is 60.0 Å². The Labute approximate surface area is 135 Å². The standard InChI is InChI=1S/C18H17Cl2N/c19-14-3-4-15(18(20)9-14)12-2-1-11-7-13-5-6-21-10-17(13)16(11)8-12/h1-4,8-9,13,17,21H,5-7,10H2/t13-,17-/m0/s1. The van der Waals surface area contributed by atoms with Crippen LogP contribution >= 0.6 is 23.2 Å². The summed E-state index contributed by atoms with van der Waals surface area (Å²) in [6, 6.07) is 12.5. The number of piperidine rings is 1. The minimum Gasteiger partial charge on any atom is -0.316 e. The summed E-state index contributed by atoms with van der Waals surface area (Å²) in [5, 5.41) is 4.93. The summed E-state index contributed by atoms with van der Waals surface area (Å²) in [6.07, 6.45) is 2.52. The monoisotopic (exact) mass is 317 g/mol. The molecule has 21 heavy (non-hydrogen) atoms. The van der Waals surface area contributed by atoms with Gasteiger partial charge in [0, 0.05) is 22.2 Å². The topological polar surface area (TPSA) is 12.0 Å². The molecule has 1 saturated heterocycles. The van der Waals surface area contributed by atoms with Crippen LogP contribution in [-0.4, -0.2) is 13.1 Å². The lowest BCUT2D eigenvalue weighted by Crippen LogP contribution is -2.32. The quantitative estimate of drug-likeness (QED) is 0.788. The van der Waals surface area contributed by atoms with E-state index in [4.69, 9.17) is 23.2 Å². The van der Waals surface area contributed by atoms with E-state index in [0.717, 1.165) is 29.6 Å². The predicted molar refractivity (Wildman–Crippen MR) is 89.3 cm³/mol. The zero-order chi connectivity index (χ0) is 14.4. The first-order valence-electron chi connectivity index (χ1n) is 7.51. The van der Waals surface area contributed by atoms with Crippen molar-refractivity contribution in [3.05, 3.63) is 57.6 Å². The number of rotatable bonds is 1. The molecule has 0 unspecified atom stereocenters. The highest BCUT2D eigenvalue weighted by Crippen LogP contribution is 2.43. The van der Waals surface area contributed by atoms with Crippen molar-refractivity contribution in [2.75, 3.05) is 13.1 Å². The summed E-state index contributed by atoms with van der Waals surface area (Å²) in [4.78, 5) is 0. The Morgan fingerprint density at radius 1 is 1.05 bits per heavy atom. The molecular formula is C18H17Cl2N. The van der Waals surface area contributed by atoms with Gasteiger partial charge in [-0.25, -0.2) is 0 Å². The average Bonchev–Trinajstić information content (AvgIpc) is 2.85. The molecule has 1 nitrogen and oxygen atoms in total. The average molecular weight is 318 g/mol. The lowest BCUT2D eigenvalue weighted by Gasteiger charge is -2.26. The number of nitrogens with one attached hydrogen (secondary N) is 1. The van der Waals surface area contributed by atoms with Gasteiger partial charge < -0.3 is 5.32 Å². The van der Waals surface area contributed by atoms with E-state index >= 15 is 0 Å². The summed E-state index contributed by atoms with van der Waals surface area (Å²) >= 11 is 12.4. The van der Waals surface area contributed by atoms with Crippen LogP contribution in [0.15, 0.2) is 36.4 Å². The van der Waals surface area contributed by atoms with Gasteiger partial charge in [-0.2, -0.15) is 0 Å². The van der Waals surface area contributed by atoms with Crippen LogP contribution in [0, 0.1) is 5.92 Å². The summed E-state index contributed by atoms with van der Waals surface area (Å²) < 4.78 is 0. The molecule has 1 N–H and O–H groups in total. The van der Waals surface area contributed by atoms with Crippen LogP contribution in [0.1, 0.15) is 23.5 Å². The molecule has 2 aromatic carbocycles. The number of halogens is 2. The Morgan fingerprint density at radius 2 is 1.95 bits per heavy atom. The molecule has 1 fully saturated rings. The lowest BCUT2D eigenvalue weighted by molar-refractivity contribution is 0.347. The molecule has 108 valence electrons. The van der Waals surface area contributed by atoms with E-state index in [1.807, 2.05) is 18.2 Å². The molecule has 0 spiro atoms. The van der Waals surface area contributed by atoms with E-state index in [1.165, 1.54) is 29.5 Å². The molecule has 3 heteroatoms. The van der Waals surface area contributed by atoms with Gasteiger partial charge >= 0.3 is 0 Å². The number of hydrogen-bond acceptors (Lipinski definition) is 1. The molecule has 1 heterocycles. The SMILES string of the molecule is Clc1ccc(-c2ccc3c(c2)[C@H]2CNCC[C@H]2C3)c(Cl)c1. The second-order valence-electron chi connectivity index (χ2n) is 6.10. The van der Waals surface area contributed by atoms with Crippen molar-refractivity contribution in [2.24, 2.45) is 5.92 Å². The molecule has 2 aliphatic rings. The second kappa shape index (κ2) is 5.31. The fraction of sp³-hybridized carbons (Fsp3) is 0.333. The maximum atomic E-state index is 6.36. The van der Waals surface area contributed by atoms with Crippen LogP contribution in [-0.2, 0) is 6.42 Å². The van der Waals surface area contributed by atoms with Crippen LogP contribution in [0.3, 0.4) is 0 Å². The van der Waals surface area contributed by atoms with Crippen LogP contribution in [0.2, 0.25) is 10.0 Å². The first-order chi connectivity index (χ1) is 10.2. The summed E-state index contributed by atoms with van der Waals surface area (Å²) in [5.74, 6) is 1.48. The zero-order valence-corrected chi connectivity index (χ0v) is 13.2. The first kappa shape index (κ1) is 13.6. The van der Waals surface area contributed by atoms with Crippen molar-refractivity contribution >= 4 is 23.2 Å². The fourth-order valence-electron chi connectivity index (χ4n) is 3.82. The fourth-order valence-corrected chi connectivity index (χ4v) is 4.34.